The predicted molar refractivity (Wildman–Crippen MR) is 73.5 cm³/mol. The first-order chi connectivity index (χ1) is 8.24. The molecule has 84 valence electrons. The van der Waals surface area contributed by atoms with Crippen molar-refractivity contribution in [3.05, 3.63) is 58.7 Å². The summed E-state index contributed by atoms with van der Waals surface area (Å²) in [7, 11) is 0. The van der Waals surface area contributed by atoms with Gasteiger partial charge in [0.2, 0.25) is 0 Å². The van der Waals surface area contributed by atoms with Crippen LogP contribution in [0.2, 0.25) is 0 Å². The minimum absolute atomic E-state index is 1.07. The van der Waals surface area contributed by atoms with Crippen molar-refractivity contribution >= 4 is 26.8 Å². The summed E-state index contributed by atoms with van der Waals surface area (Å²) >= 11 is 3.50. The molecule has 0 aliphatic carbocycles. The van der Waals surface area contributed by atoms with Crippen molar-refractivity contribution in [3.8, 4) is 5.69 Å². The number of nitrogens with zero attached hydrogens (tertiary/aromatic N) is 2. The first kappa shape index (κ1) is 10.5. The molecule has 0 saturated carbocycles. The average molecular weight is 287 g/mol. The van der Waals surface area contributed by atoms with Crippen LogP contribution < -0.4 is 0 Å². The quantitative estimate of drug-likeness (QED) is 0.659. The van der Waals surface area contributed by atoms with Gasteiger partial charge in [0.1, 0.15) is 0 Å². The molecule has 0 spiro atoms. The Bertz CT molecular complexity index is 686. The Morgan fingerprint density at radius 1 is 1.12 bits per heavy atom. The largest absolute Gasteiger partial charge is 0.233 e. The molecule has 0 aliphatic heterocycles. The number of aryl methyl sites for hydroxylation is 1. The summed E-state index contributed by atoms with van der Waals surface area (Å²) < 4.78 is 3.03. The molecule has 0 amide bonds. The second-order valence-electron chi connectivity index (χ2n) is 4.10. The Morgan fingerprint density at radius 3 is 2.82 bits per heavy atom. The molecule has 3 rings (SSSR count). The Balaban J connectivity index is 2.27. The smallest absolute Gasteiger partial charge is 0.0752 e. The molecule has 0 bridgehead atoms. The molecular formula is C14H11BrN2. The third kappa shape index (κ3) is 1.87. The molecule has 0 atom stereocenters. The fourth-order valence-corrected chi connectivity index (χ4v) is 2.31. The summed E-state index contributed by atoms with van der Waals surface area (Å²) in [4.78, 5) is 0. The zero-order chi connectivity index (χ0) is 11.8. The van der Waals surface area contributed by atoms with Crippen molar-refractivity contribution in [1.29, 1.82) is 0 Å². The van der Waals surface area contributed by atoms with E-state index in [4.69, 9.17) is 0 Å². The average Bonchev–Trinajstić information content (AvgIpc) is 2.71. The van der Waals surface area contributed by atoms with Gasteiger partial charge in [-0.2, -0.15) is 5.10 Å². The van der Waals surface area contributed by atoms with Crippen LogP contribution in [0.25, 0.3) is 16.6 Å². The van der Waals surface area contributed by atoms with Gasteiger partial charge in [-0.1, -0.05) is 34.1 Å². The Morgan fingerprint density at radius 2 is 2.00 bits per heavy atom. The van der Waals surface area contributed by atoms with Gasteiger partial charge in [-0.15, -0.1) is 0 Å². The van der Waals surface area contributed by atoms with Crippen LogP contribution in [-0.2, 0) is 0 Å². The van der Waals surface area contributed by atoms with Crippen molar-refractivity contribution in [2.45, 2.75) is 6.92 Å². The number of fused-ring (bicyclic) bond motifs is 1. The molecule has 0 fully saturated rings. The topological polar surface area (TPSA) is 17.8 Å². The van der Waals surface area contributed by atoms with Crippen LogP contribution >= 0.6 is 15.9 Å². The zero-order valence-corrected chi connectivity index (χ0v) is 11.0. The van der Waals surface area contributed by atoms with E-state index in [2.05, 4.69) is 64.4 Å². The summed E-state index contributed by atoms with van der Waals surface area (Å²) in [6.45, 7) is 2.09. The van der Waals surface area contributed by atoms with Crippen LogP contribution in [0, 0.1) is 6.92 Å². The SMILES string of the molecule is Cc1cccc(-n2ncc3ccc(Br)cc32)c1. The van der Waals surface area contributed by atoms with Gasteiger partial charge in [-0.25, -0.2) is 4.68 Å². The molecule has 0 saturated heterocycles. The summed E-state index contributed by atoms with van der Waals surface area (Å²) in [5, 5.41) is 5.59. The predicted octanol–water partition coefficient (Wildman–Crippen LogP) is 4.10. The maximum absolute atomic E-state index is 4.44. The normalized spacial score (nSPS) is 10.9. The molecule has 2 nitrogen and oxygen atoms in total. The highest BCUT2D eigenvalue weighted by molar-refractivity contribution is 9.10. The van der Waals surface area contributed by atoms with Crippen LogP contribution in [0.1, 0.15) is 5.56 Å². The van der Waals surface area contributed by atoms with E-state index in [0.717, 1.165) is 21.1 Å². The van der Waals surface area contributed by atoms with Crippen LogP contribution in [-0.4, -0.2) is 9.78 Å². The van der Waals surface area contributed by atoms with E-state index >= 15 is 0 Å². The van der Waals surface area contributed by atoms with Crippen molar-refractivity contribution in [3.63, 3.8) is 0 Å². The van der Waals surface area contributed by atoms with Gasteiger partial charge >= 0.3 is 0 Å². The number of rotatable bonds is 1. The highest BCUT2D eigenvalue weighted by atomic mass is 79.9. The zero-order valence-electron chi connectivity index (χ0n) is 9.39. The van der Waals surface area contributed by atoms with Gasteiger partial charge in [0.05, 0.1) is 17.4 Å². The maximum atomic E-state index is 4.44. The molecule has 17 heavy (non-hydrogen) atoms. The molecule has 0 aliphatic rings. The van der Waals surface area contributed by atoms with Crippen molar-refractivity contribution in [1.82, 2.24) is 9.78 Å². The number of hydrogen-bond donors (Lipinski definition) is 0. The highest BCUT2D eigenvalue weighted by Gasteiger charge is 2.05. The number of halogens is 1. The van der Waals surface area contributed by atoms with E-state index in [0.29, 0.717) is 0 Å². The first-order valence-corrected chi connectivity index (χ1v) is 6.24. The minimum atomic E-state index is 1.07. The number of aromatic nitrogens is 2. The van der Waals surface area contributed by atoms with Gasteiger partial charge < -0.3 is 0 Å². The van der Waals surface area contributed by atoms with E-state index in [1.54, 1.807) is 0 Å². The van der Waals surface area contributed by atoms with E-state index in [-0.39, 0.29) is 0 Å². The Kier molecular flexibility index (Phi) is 2.48. The number of hydrogen-bond acceptors (Lipinski definition) is 1. The Labute approximate surface area is 108 Å². The molecule has 1 heterocycles. The summed E-state index contributed by atoms with van der Waals surface area (Å²) in [6.07, 6.45) is 1.89. The molecule has 0 radical (unpaired) electrons. The van der Waals surface area contributed by atoms with Crippen molar-refractivity contribution in [2.24, 2.45) is 0 Å². The molecule has 3 heteroatoms. The molecule has 2 aromatic carbocycles. The standard InChI is InChI=1S/C14H11BrN2/c1-10-3-2-4-13(7-10)17-14-8-12(15)6-5-11(14)9-16-17/h2-9H,1H3. The fraction of sp³-hybridized carbons (Fsp3) is 0.0714. The lowest BCUT2D eigenvalue weighted by atomic mass is 10.2. The van der Waals surface area contributed by atoms with Gasteiger partial charge in [-0.3, -0.25) is 0 Å². The lowest BCUT2D eigenvalue weighted by Crippen LogP contribution is -1.95. The number of benzene rings is 2. The Hall–Kier alpha value is -1.61. The monoisotopic (exact) mass is 286 g/mol. The molecular weight excluding hydrogens is 276 g/mol. The van der Waals surface area contributed by atoms with Crippen LogP contribution in [0.3, 0.4) is 0 Å². The van der Waals surface area contributed by atoms with Crippen molar-refractivity contribution in [2.75, 3.05) is 0 Å². The molecule has 1 aromatic heterocycles. The van der Waals surface area contributed by atoms with Gasteiger partial charge in [0.15, 0.2) is 0 Å². The summed E-state index contributed by atoms with van der Waals surface area (Å²) in [5.74, 6) is 0. The van der Waals surface area contributed by atoms with Gasteiger partial charge in [0.25, 0.3) is 0 Å². The first-order valence-electron chi connectivity index (χ1n) is 5.44. The molecule has 3 aromatic rings. The van der Waals surface area contributed by atoms with E-state index in [9.17, 15) is 0 Å². The second kappa shape index (κ2) is 4.00. The van der Waals surface area contributed by atoms with E-state index in [1.807, 2.05) is 16.9 Å². The lowest BCUT2D eigenvalue weighted by molar-refractivity contribution is 0.909. The summed E-state index contributed by atoms with van der Waals surface area (Å²) in [5.41, 5.74) is 3.45. The van der Waals surface area contributed by atoms with E-state index < -0.39 is 0 Å². The third-order valence-corrected chi connectivity index (χ3v) is 3.27. The minimum Gasteiger partial charge on any atom is -0.233 e. The molecule has 0 unspecified atom stereocenters. The maximum Gasteiger partial charge on any atom is 0.0752 e. The highest BCUT2D eigenvalue weighted by Crippen LogP contribution is 2.22. The van der Waals surface area contributed by atoms with Crippen LogP contribution in [0.15, 0.2) is 53.1 Å². The van der Waals surface area contributed by atoms with E-state index in [1.165, 1.54) is 5.56 Å². The fourth-order valence-electron chi connectivity index (χ4n) is 1.96. The van der Waals surface area contributed by atoms with Crippen LogP contribution in [0.5, 0.6) is 0 Å². The van der Waals surface area contributed by atoms with Crippen LogP contribution in [0.4, 0.5) is 0 Å². The molecule has 0 N–H and O–H groups in total. The van der Waals surface area contributed by atoms with Crippen molar-refractivity contribution < 1.29 is 0 Å². The van der Waals surface area contributed by atoms with Gasteiger partial charge in [-0.05, 0) is 36.8 Å². The lowest BCUT2D eigenvalue weighted by Gasteiger charge is -2.04. The second-order valence-corrected chi connectivity index (χ2v) is 5.01. The third-order valence-electron chi connectivity index (χ3n) is 2.78. The summed E-state index contributed by atoms with van der Waals surface area (Å²) in [6, 6.07) is 14.5. The van der Waals surface area contributed by atoms with Gasteiger partial charge in [0, 0.05) is 9.86 Å².